The van der Waals surface area contributed by atoms with Crippen LogP contribution in [0, 0.1) is 5.82 Å². The molecular formula is C21H24FN3O4S. The van der Waals surface area contributed by atoms with Crippen LogP contribution in [0.25, 0.3) is 0 Å². The molecule has 2 aromatic rings. The first-order valence-electron chi connectivity index (χ1n) is 9.86. The number of anilines is 2. The van der Waals surface area contributed by atoms with Gasteiger partial charge in [-0.1, -0.05) is 24.3 Å². The minimum absolute atomic E-state index is 0.168. The molecule has 30 heavy (non-hydrogen) atoms. The van der Waals surface area contributed by atoms with Gasteiger partial charge in [-0.2, -0.15) is 0 Å². The lowest BCUT2D eigenvalue weighted by Crippen LogP contribution is -2.52. The van der Waals surface area contributed by atoms with Crippen LogP contribution in [0.5, 0.6) is 5.75 Å². The number of amides is 1. The van der Waals surface area contributed by atoms with Crippen molar-refractivity contribution in [2.75, 3.05) is 48.2 Å². The minimum Gasteiger partial charge on any atom is -0.478 e. The van der Waals surface area contributed by atoms with Crippen molar-refractivity contribution in [3.05, 3.63) is 54.3 Å². The Bertz CT molecular complexity index is 1040. The first-order valence-corrected chi connectivity index (χ1v) is 11.7. The van der Waals surface area contributed by atoms with E-state index in [1.807, 2.05) is 4.90 Å². The predicted molar refractivity (Wildman–Crippen MR) is 113 cm³/mol. The Hall–Kier alpha value is -2.81. The normalized spacial score (nSPS) is 19.7. The highest BCUT2D eigenvalue weighted by Crippen LogP contribution is 2.34. The van der Waals surface area contributed by atoms with E-state index in [2.05, 4.69) is 0 Å². The van der Waals surface area contributed by atoms with Crippen LogP contribution in [0.1, 0.15) is 6.42 Å². The average Bonchev–Trinajstić information content (AvgIpc) is 2.93. The summed E-state index contributed by atoms with van der Waals surface area (Å²) in [5.41, 5.74) is 0.979. The third kappa shape index (κ3) is 4.07. The summed E-state index contributed by atoms with van der Waals surface area (Å²) >= 11 is 0. The van der Waals surface area contributed by atoms with E-state index in [9.17, 15) is 17.6 Å². The van der Waals surface area contributed by atoms with Gasteiger partial charge in [0.1, 0.15) is 11.6 Å². The number of benzene rings is 2. The van der Waals surface area contributed by atoms with E-state index in [-0.39, 0.29) is 24.7 Å². The van der Waals surface area contributed by atoms with Gasteiger partial charge in [0.15, 0.2) is 6.10 Å². The molecular weight excluding hydrogens is 409 g/mol. The summed E-state index contributed by atoms with van der Waals surface area (Å²) in [6, 6.07) is 13.4. The van der Waals surface area contributed by atoms with Crippen molar-refractivity contribution in [2.24, 2.45) is 0 Å². The number of piperazine rings is 1. The Labute approximate surface area is 175 Å². The molecule has 0 spiro atoms. The minimum atomic E-state index is -3.49. The number of fused-ring (bicyclic) bond motifs is 1. The largest absolute Gasteiger partial charge is 0.478 e. The SMILES string of the molecule is CS(=O)(=O)N1CC[C@H](C(=O)N2CCN(c3ccccc3F)CC2)Oc2ccccc21. The third-order valence-corrected chi connectivity index (χ3v) is 6.64. The highest BCUT2D eigenvalue weighted by atomic mass is 32.2. The number of para-hydroxylation sites is 3. The summed E-state index contributed by atoms with van der Waals surface area (Å²) in [4.78, 5) is 16.8. The van der Waals surface area contributed by atoms with Crippen molar-refractivity contribution in [3.63, 3.8) is 0 Å². The van der Waals surface area contributed by atoms with Crippen LogP contribution in [0.2, 0.25) is 0 Å². The predicted octanol–water partition coefficient (Wildman–Crippen LogP) is 2.09. The van der Waals surface area contributed by atoms with Crippen LogP contribution in [-0.2, 0) is 14.8 Å². The number of nitrogens with zero attached hydrogens (tertiary/aromatic N) is 3. The topological polar surface area (TPSA) is 70.2 Å². The Balaban J connectivity index is 1.47. The number of hydrogen-bond donors (Lipinski definition) is 0. The van der Waals surface area contributed by atoms with E-state index in [1.165, 1.54) is 10.4 Å². The van der Waals surface area contributed by atoms with Crippen molar-refractivity contribution in [1.82, 2.24) is 4.90 Å². The molecule has 2 aliphatic rings. The molecule has 0 bridgehead atoms. The summed E-state index contributed by atoms with van der Waals surface area (Å²) in [7, 11) is -3.49. The summed E-state index contributed by atoms with van der Waals surface area (Å²) in [5.74, 6) is -0.0704. The summed E-state index contributed by atoms with van der Waals surface area (Å²) in [5, 5.41) is 0. The molecule has 7 nitrogen and oxygen atoms in total. The fourth-order valence-corrected chi connectivity index (χ4v) is 4.87. The lowest BCUT2D eigenvalue weighted by atomic mass is 10.2. The van der Waals surface area contributed by atoms with Crippen molar-refractivity contribution in [1.29, 1.82) is 0 Å². The number of carbonyl (C=O) groups excluding carboxylic acids is 1. The van der Waals surface area contributed by atoms with Crippen LogP contribution >= 0.6 is 0 Å². The highest BCUT2D eigenvalue weighted by molar-refractivity contribution is 7.92. The smallest absolute Gasteiger partial charge is 0.263 e. The van der Waals surface area contributed by atoms with E-state index in [4.69, 9.17) is 4.74 Å². The second-order valence-electron chi connectivity index (χ2n) is 7.46. The number of rotatable bonds is 3. The highest BCUT2D eigenvalue weighted by Gasteiger charge is 2.34. The fourth-order valence-electron chi connectivity index (χ4n) is 3.93. The van der Waals surface area contributed by atoms with Gasteiger partial charge in [0.05, 0.1) is 17.6 Å². The van der Waals surface area contributed by atoms with Crippen molar-refractivity contribution in [2.45, 2.75) is 12.5 Å². The standard InChI is InChI=1S/C21H24FN3O4S/c1-30(27,28)25-11-10-20(29-19-9-5-4-8-18(19)25)21(26)24-14-12-23(13-15-24)17-7-3-2-6-16(17)22/h2-9,20H,10-15H2,1H3/t20-/m1/s1. The molecule has 2 heterocycles. The Morgan fingerprint density at radius 2 is 1.60 bits per heavy atom. The van der Waals surface area contributed by atoms with Crippen LogP contribution in [-0.4, -0.2) is 64.3 Å². The van der Waals surface area contributed by atoms with Crippen LogP contribution in [0.15, 0.2) is 48.5 Å². The van der Waals surface area contributed by atoms with Gasteiger partial charge in [0.25, 0.3) is 5.91 Å². The molecule has 0 aliphatic carbocycles. The number of halogens is 1. The Morgan fingerprint density at radius 1 is 0.967 bits per heavy atom. The van der Waals surface area contributed by atoms with Crippen LogP contribution in [0.4, 0.5) is 15.8 Å². The summed E-state index contributed by atoms with van der Waals surface area (Å²) in [6.45, 7) is 2.10. The lowest BCUT2D eigenvalue weighted by Gasteiger charge is -2.37. The van der Waals surface area contributed by atoms with Gasteiger partial charge in [0.2, 0.25) is 10.0 Å². The zero-order chi connectivity index (χ0) is 21.3. The number of ether oxygens (including phenoxy) is 1. The number of carbonyl (C=O) groups is 1. The molecule has 1 saturated heterocycles. The molecule has 0 aromatic heterocycles. The molecule has 1 amide bonds. The maximum atomic E-state index is 14.0. The van der Waals surface area contributed by atoms with Gasteiger partial charge in [0, 0.05) is 39.1 Å². The van der Waals surface area contributed by atoms with Gasteiger partial charge in [-0.05, 0) is 24.3 Å². The zero-order valence-corrected chi connectivity index (χ0v) is 17.5. The molecule has 1 atom stereocenters. The van der Waals surface area contributed by atoms with Crippen molar-refractivity contribution in [3.8, 4) is 5.75 Å². The first-order chi connectivity index (χ1) is 14.3. The van der Waals surface area contributed by atoms with Crippen molar-refractivity contribution < 1.29 is 22.3 Å². The van der Waals surface area contributed by atoms with E-state index < -0.39 is 16.1 Å². The number of sulfonamides is 1. The summed E-state index contributed by atoms with van der Waals surface area (Å²) < 4.78 is 45.7. The molecule has 2 aliphatic heterocycles. The maximum Gasteiger partial charge on any atom is 0.263 e. The van der Waals surface area contributed by atoms with Gasteiger partial charge in [-0.3, -0.25) is 9.10 Å². The third-order valence-electron chi connectivity index (χ3n) is 5.46. The number of hydrogen-bond acceptors (Lipinski definition) is 5. The fraction of sp³-hybridized carbons (Fsp3) is 0.381. The quantitative estimate of drug-likeness (QED) is 0.742. The average molecular weight is 434 g/mol. The monoisotopic (exact) mass is 433 g/mol. The molecule has 0 N–H and O–H groups in total. The second kappa shape index (κ2) is 8.14. The van der Waals surface area contributed by atoms with Crippen molar-refractivity contribution >= 4 is 27.3 Å². The van der Waals surface area contributed by atoms with E-state index in [1.54, 1.807) is 47.4 Å². The summed E-state index contributed by atoms with van der Waals surface area (Å²) in [6.07, 6.45) is 0.639. The van der Waals surface area contributed by atoms with Gasteiger partial charge >= 0.3 is 0 Å². The van der Waals surface area contributed by atoms with E-state index in [0.29, 0.717) is 43.3 Å². The molecule has 1 fully saturated rings. The molecule has 4 rings (SSSR count). The Kier molecular flexibility index (Phi) is 5.55. The maximum absolute atomic E-state index is 14.0. The molecule has 0 radical (unpaired) electrons. The molecule has 160 valence electrons. The molecule has 9 heteroatoms. The molecule has 2 aromatic carbocycles. The van der Waals surface area contributed by atoms with Gasteiger partial charge in [-0.15, -0.1) is 0 Å². The van der Waals surface area contributed by atoms with Crippen LogP contribution < -0.4 is 13.9 Å². The van der Waals surface area contributed by atoms with Crippen LogP contribution in [0.3, 0.4) is 0 Å². The lowest BCUT2D eigenvalue weighted by molar-refractivity contribution is -0.139. The first kappa shape index (κ1) is 20.5. The molecule has 0 saturated carbocycles. The second-order valence-corrected chi connectivity index (χ2v) is 9.37. The Morgan fingerprint density at radius 3 is 2.27 bits per heavy atom. The van der Waals surface area contributed by atoms with E-state index >= 15 is 0 Å². The molecule has 0 unspecified atom stereocenters. The van der Waals surface area contributed by atoms with Gasteiger partial charge in [-0.25, -0.2) is 12.8 Å². The van der Waals surface area contributed by atoms with Gasteiger partial charge < -0.3 is 14.5 Å². The van der Waals surface area contributed by atoms with E-state index in [0.717, 1.165) is 6.26 Å². The zero-order valence-electron chi connectivity index (χ0n) is 16.7.